The fourth-order valence-electron chi connectivity index (χ4n) is 2.19. The van der Waals surface area contributed by atoms with Crippen LogP contribution >= 0.6 is 0 Å². The minimum absolute atomic E-state index is 0.124. The average molecular weight is 478 g/mol. The lowest BCUT2D eigenvalue weighted by molar-refractivity contribution is -0.328. The molecule has 3 atom stereocenters. The second-order valence-electron chi connectivity index (χ2n) is 7.55. The Bertz CT molecular complexity index is 662. The van der Waals surface area contributed by atoms with E-state index >= 15 is 0 Å². The van der Waals surface area contributed by atoms with Gasteiger partial charge in [0, 0.05) is 18.4 Å². The van der Waals surface area contributed by atoms with E-state index in [9.17, 15) is 19.5 Å². The summed E-state index contributed by atoms with van der Waals surface area (Å²) in [5.74, 6) is -3.16. The highest BCUT2D eigenvalue weighted by Gasteiger charge is 2.48. The minimum atomic E-state index is -2.09. The molecule has 0 aliphatic rings. The molecule has 0 heterocycles. The summed E-state index contributed by atoms with van der Waals surface area (Å²) in [5.41, 5.74) is -1.14. The van der Waals surface area contributed by atoms with E-state index in [0.717, 1.165) is 5.57 Å². The lowest BCUT2D eigenvalue weighted by atomic mass is 9.81. The van der Waals surface area contributed by atoms with Crippen molar-refractivity contribution in [1.29, 1.82) is 0 Å². The number of carboxylic acids is 1. The second-order valence-corrected chi connectivity index (χ2v) is 7.55. The molecule has 0 aliphatic heterocycles. The van der Waals surface area contributed by atoms with E-state index in [1.54, 1.807) is 13.8 Å². The Hall–Kier alpha value is -2.35. The van der Waals surface area contributed by atoms with Gasteiger partial charge in [-0.2, -0.15) is 0 Å². The molecule has 0 rings (SSSR count). The second kappa shape index (κ2) is 16.3. The molecule has 12 heteroatoms. The zero-order valence-corrected chi connectivity index (χ0v) is 19.5. The smallest absolute Gasteiger partial charge is 0.333 e. The Kier molecular flexibility index (Phi) is 15.1. The first-order chi connectivity index (χ1) is 15.5. The number of carbonyl (C=O) groups is 3. The van der Waals surface area contributed by atoms with E-state index in [2.05, 4.69) is 18.0 Å². The van der Waals surface area contributed by atoms with Gasteiger partial charge >= 0.3 is 17.9 Å². The summed E-state index contributed by atoms with van der Waals surface area (Å²) in [5, 5.41) is 18.4. The lowest BCUT2D eigenvalue weighted by Gasteiger charge is -2.28. The Morgan fingerprint density at radius 2 is 1.58 bits per heavy atom. The van der Waals surface area contributed by atoms with Crippen LogP contribution in [0.1, 0.15) is 40.5 Å². The molecule has 0 bridgehead atoms. The third-order valence-corrected chi connectivity index (χ3v) is 4.06. The number of aliphatic carboxylic acids is 1. The van der Waals surface area contributed by atoms with Gasteiger partial charge in [0.25, 0.3) is 0 Å². The van der Waals surface area contributed by atoms with E-state index in [-0.39, 0.29) is 38.4 Å². The summed E-state index contributed by atoms with van der Waals surface area (Å²) in [7, 11) is 0. The van der Waals surface area contributed by atoms with Crippen molar-refractivity contribution in [3.05, 3.63) is 24.3 Å². The topological polar surface area (TPSA) is 156 Å². The first-order valence-electron chi connectivity index (χ1n) is 10.2. The van der Waals surface area contributed by atoms with Gasteiger partial charge in [0.1, 0.15) is 32.0 Å². The zero-order chi connectivity index (χ0) is 25.4. The highest BCUT2D eigenvalue weighted by atomic mass is 17.2. The summed E-state index contributed by atoms with van der Waals surface area (Å²) in [6.45, 7) is 12.5. The van der Waals surface area contributed by atoms with Crippen molar-refractivity contribution in [3.8, 4) is 0 Å². The van der Waals surface area contributed by atoms with Crippen LogP contribution in [0.4, 0.5) is 0 Å². The molecule has 33 heavy (non-hydrogen) atoms. The fourth-order valence-corrected chi connectivity index (χ4v) is 2.19. The third kappa shape index (κ3) is 12.5. The third-order valence-electron chi connectivity index (χ3n) is 4.06. The SMILES string of the molecule is C=C(C)COOCC(C)OC(=O)C(CCOO)(CCOOC(C)COC(=O)C(=C)C)C(=O)O. The van der Waals surface area contributed by atoms with Crippen molar-refractivity contribution in [2.24, 2.45) is 5.41 Å². The average Bonchev–Trinajstić information content (AvgIpc) is 2.74. The normalized spacial score (nSPS) is 14.6. The van der Waals surface area contributed by atoms with Gasteiger partial charge in [-0.25, -0.2) is 29.2 Å². The maximum absolute atomic E-state index is 12.7. The van der Waals surface area contributed by atoms with E-state index in [0.29, 0.717) is 0 Å². The van der Waals surface area contributed by atoms with Crippen molar-refractivity contribution in [2.45, 2.75) is 52.7 Å². The Morgan fingerprint density at radius 1 is 0.939 bits per heavy atom. The number of carbonyl (C=O) groups excluding carboxylic acids is 2. The molecule has 0 aromatic heterocycles. The monoisotopic (exact) mass is 478 g/mol. The highest BCUT2D eigenvalue weighted by Crippen LogP contribution is 2.30. The molecule has 3 unspecified atom stereocenters. The Balaban J connectivity index is 4.86. The molecule has 0 fully saturated rings. The van der Waals surface area contributed by atoms with Crippen LogP contribution < -0.4 is 0 Å². The molecule has 190 valence electrons. The van der Waals surface area contributed by atoms with Crippen molar-refractivity contribution in [1.82, 2.24) is 0 Å². The van der Waals surface area contributed by atoms with Crippen LogP contribution in [0.5, 0.6) is 0 Å². The van der Waals surface area contributed by atoms with Crippen LogP contribution in [0.3, 0.4) is 0 Å². The quantitative estimate of drug-likeness (QED) is 0.0531. The molecule has 0 saturated heterocycles. The van der Waals surface area contributed by atoms with E-state index in [1.807, 2.05) is 0 Å². The standard InChI is InChI=1S/C21H34O12/c1-14(2)11-30-31-13-16(5)32-20(25)21(19(23)24,7-9-28-26)8-10-29-33-17(6)12-27-18(22)15(3)4/h16-17,26H,1,3,7-13H2,2,4-6H3,(H,23,24). The molecule has 0 aliphatic carbocycles. The molecule has 0 radical (unpaired) electrons. The van der Waals surface area contributed by atoms with Crippen LogP contribution in [0.25, 0.3) is 0 Å². The largest absolute Gasteiger partial charge is 0.480 e. The summed E-state index contributed by atoms with van der Waals surface area (Å²) in [6, 6.07) is 0. The molecular formula is C21H34O12. The fraction of sp³-hybridized carbons (Fsp3) is 0.667. The number of rotatable bonds is 19. The van der Waals surface area contributed by atoms with Crippen LogP contribution in [0.2, 0.25) is 0 Å². The van der Waals surface area contributed by atoms with E-state index in [4.69, 9.17) is 34.3 Å². The number of esters is 2. The number of hydrogen-bond acceptors (Lipinski definition) is 11. The summed E-state index contributed by atoms with van der Waals surface area (Å²) >= 11 is 0. The number of carboxylic acid groups (broad SMARTS) is 1. The van der Waals surface area contributed by atoms with Gasteiger partial charge in [0.05, 0.1) is 13.2 Å². The number of hydrogen-bond donors (Lipinski definition) is 2. The van der Waals surface area contributed by atoms with Crippen LogP contribution in [0, 0.1) is 5.41 Å². The molecule has 2 N–H and O–H groups in total. The minimum Gasteiger partial charge on any atom is -0.480 e. The number of ether oxygens (including phenoxy) is 2. The van der Waals surface area contributed by atoms with Crippen molar-refractivity contribution in [2.75, 3.05) is 33.0 Å². The predicted molar refractivity (Wildman–Crippen MR) is 112 cm³/mol. The summed E-state index contributed by atoms with van der Waals surface area (Å²) in [4.78, 5) is 59.8. The first-order valence-corrected chi connectivity index (χ1v) is 10.2. The maximum atomic E-state index is 12.7. The van der Waals surface area contributed by atoms with Gasteiger partial charge in [-0.05, 0) is 27.7 Å². The highest BCUT2D eigenvalue weighted by molar-refractivity contribution is 5.99. The zero-order valence-electron chi connectivity index (χ0n) is 19.5. The van der Waals surface area contributed by atoms with Crippen molar-refractivity contribution in [3.63, 3.8) is 0 Å². The maximum Gasteiger partial charge on any atom is 0.333 e. The summed E-state index contributed by atoms with van der Waals surface area (Å²) in [6.07, 6.45) is -2.26. The van der Waals surface area contributed by atoms with E-state index < -0.39 is 48.6 Å². The van der Waals surface area contributed by atoms with Crippen molar-refractivity contribution >= 4 is 17.9 Å². The van der Waals surface area contributed by atoms with Gasteiger partial charge in [-0.1, -0.05) is 18.7 Å². The summed E-state index contributed by atoms with van der Waals surface area (Å²) < 4.78 is 10.1. The van der Waals surface area contributed by atoms with Gasteiger partial charge in [-0.3, -0.25) is 14.8 Å². The molecule has 0 aromatic rings. The molecule has 12 nitrogen and oxygen atoms in total. The van der Waals surface area contributed by atoms with Gasteiger partial charge in [0.15, 0.2) is 5.41 Å². The van der Waals surface area contributed by atoms with Crippen LogP contribution in [-0.4, -0.2) is 73.5 Å². The molecule has 0 amide bonds. The Labute approximate surface area is 192 Å². The van der Waals surface area contributed by atoms with Crippen molar-refractivity contribution < 1.29 is 58.7 Å². The van der Waals surface area contributed by atoms with E-state index in [1.165, 1.54) is 13.8 Å². The molecular weight excluding hydrogens is 444 g/mol. The van der Waals surface area contributed by atoms with Gasteiger partial charge in [-0.15, -0.1) is 0 Å². The molecule has 0 aromatic carbocycles. The van der Waals surface area contributed by atoms with Gasteiger partial charge < -0.3 is 14.6 Å². The van der Waals surface area contributed by atoms with Gasteiger partial charge in [0.2, 0.25) is 0 Å². The van der Waals surface area contributed by atoms with Crippen LogP contribution in [0.15, 0.2) is 24.3 Å². The van der Waals surface area contributed by atoms with Crippen LogP contribution in [-0.2, 0) is 48.3 Å². The predicted octanol–water partition coefficient (Wildman–Crippen LogP) is 2.24. The Morgan fingerprint density at radius 3 is 2.12 bits per heavy atom. The molecule has 0 spiro atoms. The first kappa shape index (κ1) is 30.6. The lowest BCUT2D eigenvalue weighted by Crippen LogP contribution is -2.44. The molecule has 0 saturated carbocycles.